The second-order valence-electron chi connectivity index (χ2n) is 3.85. The van der Waals surface area contributed by atoms with Crippen LogP contribution in [0.25, 0.3) is 15.7 Å². The lowest BCUT2D eigenvalue weighted by atomic mass is 10.00. The van der Waals surface area contributed by atoms with Crippen molar-refractivity contribution in [2.75, 3.05) is 13.7 Å². The number of rotatable bonds is 2. The first-order valence-electron chi connectivity index (χ1n) is 5.47. The Morgan fingerprint density at radius 3 is 3.06 bits per heavy atom. The zero-order valence-electron chi connectivity index (χ0n) is 9.71. The molecule has 0 fully saturated rings. The molecule has 1 aromatic heterocycles. The highest BCUT2D eigenvalue weighted by Gasteiger charge is 2.22. The minimum atomic E-state index is -0.411. The quantitative estimate of drug-likeness (QED) is 0.830. The first-order valence-corrected chi connectivity index (χ1v) is 6.35. The van der Waals surface area contributed by atoms with E-state index in [4.69, 9.17) is 4.74 Å². The number of hydrogen-bond donors (Lipinski definition) is 0. The fourth-order valence-corrected chi connectivity index (χ4v) is 2.90. The molecule has 1 aliphatic heterocycles. The van der Waals surface area contributed by atoms with E-state index >= 15 is 0 Å². The maximum absolute atomic E-state index is 11.6. The van der Waals surface area contributed by atoms with Gasteiger partial charge in [0.15, 0.2) is 5.76 Å². The van der Waals surface area contributed by atoms with E-state index in [1.54, 1.807) is 11.3 Å². The molecule has 1 amide bonds. The lowest BCUT2D eigenvalue weighted by Crippen LogP contribution is -2.10. The van der Waals surface area contributed by atoms with Crippen molar-refractivity contribution in [1.82, 2.24) is 0 Å². The van der Waals surface area contributed by atoms with Gasteiger partial charge in [0.1, 0.15) is 0 Å². The number of fused-ring (bicyclic) bond motifs is 1. The average Bonchev–Trinajstić information content (AvgIpc) is 2.86. The third-order valence-electron chi connectivity index (χ3n) is 2.88. The number of thiophene rings is 1. The Kier molecular flexibility index (Phi) is 2.68. The molecule has 2 heterocycles. The molecule has 0 unspecified atom stereocenters. The van der Waals surface area contributed by atoms with Crippen molar-refractivity contribution in [1.29, 1.82) is 0 Å². The highest BCUT2D eigenvalue weighted by atomic mass is 32.1. The molecule has 0 atom stereocenters. The fraction of sp³-hybridized carbons (Fsp3) is 0.154. The van der Waals surface area contributed by atoms with Gasteiger partial charge in [-0.1, -0.05) is 12.1 Å². The van der Waals surface area contributed by atoms with Crippen LogP contribution in [-0.4, -0.2) is 19.6 Å². The zero-order chi connectivity index (χ0) is 12.5. The van der Waals surface area contributed by atoms with Gasteiger partial charge in [-0.2, -0.15) is 5.11 Å². The second-order valence-corrected chi connectivity index (χ2v) is 4.80. The van der Waals surface area contributed by atoms with Crippen LogP contribution in [0.2, 0.25) is 0 Å². The monoisotopic (exact) mass is 258 g/mol. The third-order valence-corrected chi connectivity index (χ3v) is 3.77. The summed E-state index contributed by atoms with van der Waals surface area (Å²) in [5.74, 6) is -0.116. The summed E-state index contributed by atoms with van der Waals surface area (Å²) in [7, 11) is 1.49. The van der Waals surface area contributed by atoms with E-state index < -0.39 is 5.91 Å². The summed E-state index contributed by atoms with van der Waals surface area (Å²) in [6.45, 7) is 0.379. The predicted molar refractivity (Wildman–Crippen MR) is 70.5 cm³/mol. The van der Waals surface area contributed by atoms with E-state index in [1.807, 2.05) is 23.6 Å². The van der Waals surface area contributed by atoms with Crippen molar-refractivity contribution in [2.24, 2.45) is 10.2 Å². The lowest BCUT2D eigenvalue weighted by molar-refractivity contribution is -0.117. The van der Waals surface area contributed by atoms with E-state index in [0.717, 1.165) is 16.5 Å². The summed E-state index contributed by atoms with van der Waals surface area (Å²) in [6, 6.07) is 8.07. The van der Waals surface area contributed by atoms with Gasteiger partial charge in [0, 0.05) is 15.7 Å². The molecule has 18 heavy (non-hydrogen) atoms. The van der Waals surface area contributed by atoms with Gasteiger partial charge in [0.05, 0.1) is 13.7 Å². The van der Waals surface area contributed by atoms with Crippen molar-refractivity contribution in [3.05, 3.63) is 41.0 Å². The van der Waals surface area contributed by atoms with Crippen LogP contribution in [0.5, 0.6) is 0 Å². The first-order chi connectivity index (χ1) is 8.81. The topological polar surface area (TPSA) is 51.0 Å². The van der Waals surface area contributed by atoms with Crippen LogP contribution in [0.4, 0.5) is 0 Å². The van der Waals surface area contributed by atoms with Crippen LogP contribution in [0.1, 0.15) is 5.56 Å². The molecular formula is C13H10N2O2S. The number of hydrogen-bond acceptors (Lipinski definition) is 4. The first kappa shape index (κ1) is 11.1. The predicted octanol–water partition coefficient (Wildman–Crippen LogP) is 3.25. The Hall–Kier alpha value is -2.01. The van der Waals surface area contributed by atoms with Gasteiger partial charge in [0.2, 0.25) is 0 Å². The molecule has 0 N–H and O–H groups in total. The Balaban J connectivity index is 2.25. The summed E-state index contributed by atoms with van der Waals surface area (Å²) < 4.78 is 6.36. The smallest absolute Gasteiger partial charge is 0.330 e. The van der Waals surface area contributed by atoms with Crippen LogP contribution < -0.4 is 0 Å². The molecule has 0 radical (unpaired) electrons. The van der Waals surface area contributed by atoms with E-state index in [0.29, 0.717) is 12.3 Å². The average molecular weight is 258 g/mol. The minimum Gasteiger partial charge on any atom is -0.491 e. The minimum absolute atomic E-state index is 0.295. The maximum atomic E-state index is 11.6. The largest absolute Gasteiger partial charge is 0.491 e. The maximum Gasteiger partial charge on any atom is 0.330 e. The van der Waals surface area contributed by atoms with E-state index in [-0.39, 0.29) is 0 Å². The molecule has 0 saturated carbocycles. The molecule has 5 heteroatoms. The van der Waals surface area contributed by atoms with Crippen LogP contribution in [0.15, 0.2) is 45.6 Å². The number of amides is 1. The molecule has 3 rings (SSSR count). The summed E-state index contributed by atoms with van der Waals surface area (Å²) in [4.78, 5) is 11.6. The molecule has 0 bridgehead atoms. The molecule has 1 aromatic carbocycles. The highest BCUT2D eigenvalue weighted by molar-refractivity contribution is 7.17. The van der Waals surface area contributed by atoms with Gasteiger partial charge in [-0.05, 0) is 23.1 Å². The normalized spacial score (nSPS) is 15.5. The van der Waals surface area contributed by atoms with Crippen molar-refractivity contribution in [2.45, 2.75) is 0 Å². The van der Waals surface area contributed by atoms with Crippen molar-refractivity contribution < 1.29 is 9.53 Å². The summed E-state index contributed by atoms with van der Waals surface area (Å²) in [5, 5.41) is 10.5. The standard InChI is InChI=1S/C13H10N2O2S/c1-17-12-10(7-14-15-13(12)16)8-3-2-4-11-9(8)5-6-18-11/h2-6H,7H2,1H3. The Bertz CT molecular complexity index is 685. The number of carbonyl (C=O) groups is 1. The number of methoxy groups -OCH3 is 1. The number of nitrogens with zero attached hydrogens (tertiary/aromatic N) is 2. The van der Waals surface area contributed by atoms with Gasteiger partial charge >= 0.3 is 5.91 Å². The molecule has 1 aliphatic rings. The van der Waals surface area contributed by atoms with Gasteiger partial charge < -0.3 is 4.74 Å². The fourth-order valence-electron chi connectivity index (χ4n) is 2.09. The molecule has 2 aromatic rings. The number of ether oxygens (including phenoxy) is 1. The summed E-state index contributed by atoms with van der Waals surface area (Å²) in [5.41, 5.74) is 1.80. The van der Waals surface area contributed by atoms with E-state index in [9.17, 15) is 4.79 Å². The molecule has 4 nitrogen and oxygen atoms in total. The van der Waals surface area contributed by atoms with Crippen LogP contribution in [-0.2, 0) is 9.53 Å². The van der Waals surface area contributed by atoms with Crippen molar-refractivity contribution >= 4 is 32.9 Å². The molecule has 0 spiro atoms. The van der Waals surface area contributed by atoms with Crippen molar-refractivity contribution in [3.8, 4) is 0 Å². The van der Waals surface area contributed by atoms with E-state index in [1.165, 1.54) is 11.8 Å². The molecule has 90 valence electrons. The van der Waals surface area contributed by atoms with E-state index in [2.05, 4.69) is 16.3 Å². The second kappa shape index (κ2) is 4.34. The number of azo groups is 1. The van der Waals surface area contributed by atoms with Gasteiger partial charge in [-0.15, -0.1) is 16.5 Å². The lowest BCUT2D eigenvalue weighted by Gasteiger charge is -2.13. The molecular weight excluding hydrogens is 248 g/mol. The van der Waals surface area contributed by atoms with Gasteiger partial charge in [-0.25, -0.2) is 0 Å². The Labute approximate surface area is 108 Å². The summed E-state index contributed by atoms with van der Waals surface area (Å²) in [6.07, 6.45) is 0. The third kappa shape index (κ3) is 1.64. The Morgan fingerprint density at radius 2 is 2.22 bits per heavy atom. The van der Waals surface area contributed by atoms with Crippen molar-refractivity contribution in [3.63, 3.8) is 0 Å². The van der Waals surface area contributed by atoms with Crippen LogP contribution in [0.3, 0.4) is 0 Å². The summed E-state index contributed by atoms with van der Waals surface area (Å²) >= 11 is 1.67. The highest BCUT2D eigenvalue weighted by Crippen LogP contribution is 2.32. The number of benzene rings is 1. The van der Waals surface area contributed by atoms with Crippen LogP contribution >= 0.6 is 11.3 Å². The SMILES string of the molecule is COC1=C(c2cccc3sccc23)CN=NC1=O. The van der Waals surface area contributed by atoms with Crippen LogP contribution in [0, 0.1) is 0 Å². The Morgan fingerprint density at radius 1 is 1.33 bits per heavy atom. The molecule has 0 saturated heterocycles. The number of carbonyl (C=O) groups excluding carboxylic acids is 1. The van der Waals surface area contributed by atoms with Gasteiger partial charge in [-0.3, -0.25) is 4.79 Å². The van der Waals surface area contributed by atoms with Gasteiger partial charge in [0.25, 0.3) is 0 Å². The zero-order valence-corrected chi connectivity index (χ0v) is 10.5. The molecule has 0 aliphatic carbocycles.